The van der Waals surface area contributed by atoms with Crippen LogP contribution in [0.2, 0.25) is 0 Å². The predicted molar refractivity (Wildman–Crippen MR) is 88.2 cm³/mol. The first-order chi connectivity index (χ1) is 9.99. The first kappa shape index (κ1) is 17.9. The molecule has 0 radical (unpaired) electrons. The van der Waals surface area contributed by atoms with Gasteiger partial charge >= 0.3 is 5.97 Å². The highest BCUT2D eigenvalue weighted by molar-refractivity contribution is 7.90. The van der Waals surface area contributed by atoms with E-state index in [-0.39, 0.29) is 12.6 Å². The van der Waals surface area contributed by atoms with Crippen LogP contribution in [0, 0.1) is 0 Å². The van der Waals surface area contributed by atoms with Gasteiger partial charge in [-0.3, -0.25) is 0 Å². The summed E-state index contributed by atoms with van der Waals surface area (Å²) in [5, 5.41) is 3.27. The Bertz CT molecular complexity index is 441. The summed E-state index contributed by atoms with van der Waals surface area (Å²) in [6, 6.07) is 5.76. The fourth-order valence-corrected chi connectivity index (χ4v) is 2.41. The van der Waals surface area contributed by atoms with Crippen LogP contribution in [0.15, 0.2) is 18.2 Å². The highest BCUT2D eigenvalue weighted by Crippen LogP contribution is 2.23. The Labute approximate surface area is 130 Å². The van der Waals surface area contributed by atoms with Crippen LogP contribution in [0.1, 0.15) is 31.9 Å². The summed E-state index contributed by atoms with van der Waals surface area (Å²) in [7, 11) is 0. The van der Waals surface area contributed by atoms with E-state index in [0.717, 1.165) is 18.5 Å². The molecule has 1 N–H and O–H groups in total. The zero-order valence-electron chi connectivity index (χ0n) is 13.3. The van der Waals surface area contributed by atoms with Gasteiger partial charge in [-0.15, -0.1) is 0 Å². The molecule has 0 saturated heterocycles. The number of aryl methyl sites for hydroxylation is 2. The fraction of sp³-hybridized carbons (Fsp3) is 0.562. The molecule has 0 aliphatic rings. The van der Waals surface area contributed by atoms with Crippen LogP contribution < -0.4 is 5.32 Å². The number of para-hydroxylation sites is 1. The molecule has 0 spiro atoms. The van der Waals surface area contributed by atoms with E-state index >= 15 is 0 Å². The third-order valence-corrected chi connectivity index (χ3v) is 4.07. The molecule has 1 aromatic carbocycles. The minimum absolute atomic E-state index is 0.198. The second kappa shape index (κ2) is 8.95. The fourth-order valence-electron chi connectivity index (χ4n) is 2.09. The van der Waals surface area contributed by atoms with Crippen LogP contribution in [-0.4, -0.2) is 35.2 Å². The van der Waals surface area contributed by atoms with Crippen LogP contribution in [-0.2, 0) is 33.5 Å². The SMILES string of the molecule is CCc1cccc(CC)c1NC(C)C(=O)OCC[S+](C)[O-]. The molecule has 4 nitrogen and oxygen atoms in total. The lowest BCUT2D eigenvalue weighted by molar-refractivity contribution is -0.143. The number of rotatable bonds is 8. The van der Waals surface area contributed by atoms with Crippen molar-refractivity contribution in [1.82, 2.24) is 0 Å². The van der Waals surface area contributed by atoms with Crippen molar-refractivity contribution >= 4 is 22.8 Å². The molecule has 5 heteroatoms. The Balaban J connectivity index is 2.69. The van der Waals surface area contributed by atoms with E-state index in [1.165, 1.54) is 11.1 Å². The number of hydrogen-bond donors (Lipinski definition) is 1. The summed E-state index contributed by atoms with van der Waals surface area (Å²) in [6.07, 6.45) is 3.42. The Kier molecular flexibility index (Phi) is 7.61. The van der Waals surface area contributed by atoms with Gasteiger partial charge in [0.2, 0.25) is 0 Å². The first-order valence-corrected chi connectivity index (χ1v) is 9.06. The van der Waals surface area contributed by atoms with E-state index < -0.39 is 17.2 Å². The second-order valence-corrected chi connectivity index (χ2v) is 6.52. The zero-order valence-corrected chi connectivity index (χ0v) is 14.1. The lowest BCUT2D eigenvalue weighted by Crippen LogP contribution is -2.30. The van der Waals surface area contributed by atoms with Crippen molar-refractivity contribution in [3.05, 3.63) is 29.3 Å². The average molecular weight is 311 g/mol. The maximum absolute atomic E-state index is 11.9. The highest BCUT2D eigenvalue weighted by Gasteiger charge is 2.17. The van der Waals surface area contributed by atoms with E-state index in [0.29, 0.717) is 5.75 Å². The van der Waals surface area contributed by atoms with Gasteiger partial charge < -0.3 is 14.6 Å². The number of ether oxygens (including phenoxy) is 1. The largest absolute Gasteiger partial charge is 0.616 e. The van der Waals surface area contributed by atoms with Gasteiger partial charge in [-0.05, 0) is 30.9 Å². The van der Waals surface area contributed by atoms with E-state index in [1.807, 2.05) is 6.07 Å². The van der Waals surface area contributed by atoms with E-state index in [9.17, 15) is 9.35 Å². The monoisotopic (exact) mass is 311 g/mol. The summed E-state index contributed by atoms with van der Waals surface area (Å²) < 4.78 is 16.1. The van der Waals surface area contributed by atoms with Gasteiger partial charge in [0.15, 0.2) is 0 Å². The maximum Gasteiger partial charge on any atom is 0.328 e. The number of nitrogens with one attached hydrogen (secondary N) is 1. The molecule has 0 heterocycles. The summed E-state index contributed by atoms with van der Waals surface area (Å²) in [6.45, 7) is 6.18. The smallest absolute Gasteiger partial charge is 0.328 e. The zero-order chi connectivity index (χ0) is 15.8. The van der Waals surface area contributed by atoms with Gasteiger partial charge in [0.25, 0.3) is 0 Å². The van der Waals surface area contributed by atoms with E-state index in [4.69, 9.17) is 4.74 Å². The molecular weight excluding hydrogens is 286 g/mol. The number of hydrogen-bond acceptors (Lipinski definition) is 4. The van der Waals surface area contributed by atoms with E-state index in [2.05, 4.69) is 31.3 Å². The Morgan fingerprint density at radius 3 is 2.38 bits per heavy atom. The molecule has 2 unspecified atom stereocenters. The van der Waals surface area contributed by atoms with Crippen molar-refractivity contribution < 1.29 is 14.1 Å². The molecule has 0 bridgehead atoms. The molecule has 0 saturated carbocycles. The van der Waals surface area contributed by atoms with Crippen molar-refractivity contribution in [3.8, 4) is 0 Å². The highest BCUT2D eigenvalue weighted by atomic mass is 32.2. The summed E-state index contributed by atoms with van der Waals surface area (Å²) in [5.41, 5.74) is 3.43. The molecule has 0 aliphatic heterocycles. The van der Waals surface area contributed by atoms with Gasteiger partial charge in [0.1, 0.15) is 18.4 Å². The molecule has 1 aromatic rings. The molecule has 2 atom stereocenters. The molecule has 0 aliphatic carbocycles. The first-order valence-electron chi connectivity index (χ1n) is 7.33. The van der Waals surface area contributed by atoms with Gasteiger partial charge in [0, 0.05) is 5.69 Å². The summed E-state index contributed by atoms with van der Waals surface area (Å²) >= 11 is -0.941. The third-order valence-electron chi connectivity index (χ3n) is 3.33. The Morgan fingerprint density at radius 2 is 1.90 bits per heavy atom. The molecule has 0 amide bonds. The Morgan fingerprint density at radius 1 is 1.33 bits per heavy atom. The topological polar surface area (TPSA) is 61.4 Å². The van der Waals surface area contributed by atoms with Crippen LogP contribution in [0.4, 0.5) is 5.69 Å². The van der Waals surface area contributed by atoms with Crippen LogP contribution in [0.5, 0.6) is 0 Å². The number of esters is 1. The molecule has 1 rings (SSSR count). The molecule has 118 valence electrons. The number of carbonyl (C=O) groups excluding carboxylic acids is 1. The van der Waals surface area contributed by atoms with Crippen molar-refractivity contribution in [1.29, 1.82) is 0 Å². The van der Waals surface area contributed by atoms with Gasteiger partial charge in [-0.1, -0.05) is 43.2 Å². The van der Waals surface area contributed by atoms with Gasteiger partial charge in [-0.25, -0.2) is 4.79 Å². The Hall–Kier alpha value is -1.20. The minimum atomic E-state index is -0.941. The molecular formula is C16H25NO3S. The number of benzene rings is 1. The maximum atomic E-state index is 11.9. The van der Waals surface area contributed by atoms with E-state index in [1.54, 1.807) is 13.2 Å². The summed E-state index contributed by atoms with van der Waals surface area (Å²) in [4.78, 5) is 11.9. The van der Waals surface area contributed by atoms with Crippen LogP contribution in [0.3, 0.4) is 0 Å². The standard InChI is InChI=1S/C16H25NO3S/c1-5-13-8-7-9-14(6-2)15(13)17-12(3)16(18)20-10-11-21(4)19/h7-9,12,17H,5-6,10-11H2,1-4H3. The normalized spacial score (nSPS) is 13.6. The van der Waals surface area contributed by atoms with Crippen LogP contribution in [0.25, 0.3) is 0 Å². The number of carbonyl (C=O) groups is 1. The number of anilines is 1. The van der Waals surface area contributed by atoms with Crippen molar-refractivity contribution in [3.63, 3.8) is 0 Å². The quantitative estimate of drug-likeness (QED) is 0.592. The molecule has 21 heavy (non-hydrogen) atoms. The van der Waals surface area contributed by atoms with Gasteiger partial charge in [-0.2, -0.15) is 0 Å². The van der Waals surface area contributed by atoms with Crippen molar-refractivity contribution in [2.45, 2.75) is 39.7 Å². The average Bonchev–Trinajstić information content (AvgIpc) is 2.46. The van der Waals surface area contributed by atoms with Crippen molar-refractivity contribution in [2.24, 2.45) is 0 Å². The minimum Gasteiger partial charge on any atom is -0.616 e. The van der Waals surface area contributed by atoms with Crippen molar-refractivity contribution in [2.75, 3.05) is 23.9 Å². The molecule has 0 aromatic heterocycles. The van der Waals surface area contributed by atoms with Gasteiger partial charge in [0.05, 0.1) is 6.26 Å². The third kappa shape index (κ3) is 5.59. The summed E-state index contributed by atoms with van der Waals surface area (Å²) in [5.74, 6) is 0.0675. The second-order valence-electron chi connectivity index (χ2n) is 4.97. The molecule has 0 fully saturated rings. The predicted octanol–water partition coefficient (Wildman–Crippen LogP) is 2.53. The van der Waals surface area contributed by atoms with Crippen LogP contribution >= 0.6 is 0 Å². The lowest BCUT2D eigenvalue weighted by atomic mass is 10.0. The lowest BCUT2D eigenvalue weighted by Gasteiger charge is -2.19.